The summed E-state index contributed by atoms with van der Waals surface area (Å²) >= 11 is 0. The van der Waals surface area contributed by atoms with Gasteiger partial charge in [-0.25, -0.2) is 9.97 Å². The molecule has 0 bridgehead atoms. The summed E-state index contributed by atoms with van der Waals surface area (Å²) in [5.74, 6) is 1.47. The Morgan fingerprint density at radius 3 is 2.85 bits per heavy atom. The summed E-state index contributed by atoms with van der Waals surface area (Å²) in [5, 5.41) is 12.5. The fourth-order valence-corrected chi connectivity index (χ4v) is 2.27. The summed E-state index contributed by atoms with van der Waals surface area (Å²) in [4.78, 5) is 8.55. The highest BCUT2D eigenvalue weighted by molar-refractivity contribution is 5.38. The Bertz CT molecular complexity index is 566. The fourth-order valence-electron chi connectivity index (χ4n) is 2.27. The highest BCUT2D eigenvalue weighted by Gasteiger charge is 2.19. The lowest BCUT2D eigenvalue weighted by molar-refractivity contribution is 0.193. The first kappa shape index (κ1) is 12.9. The van der Waals surface area contributed by atoms with Crippen molar-refractivity contribution < 1.29 is 9.84 Å². The Hall–Kier alpha value is -2.14. The van der Waals surface area contributed by atoms with Crippen molar-refractivity contribution in [1.29, 1.82) is 0 Å². The van der Waals surface area contributed by atoms with Crippen molar-refractivity contribution in [1.82, 2.24) is 9.97 Å². The molecule has 1 saturated heterocycles. The van der Waals surface area contributed by atoms with Crippen LogP contribution in [0.25, 0.3) is 0 Å². The van der Waals surface area contributed by atoms with E-state index in [1.54, 1.807) is 18.5 Å². The molecule has 5 nitrogen and oxygen atoms in total. The van der Waals surface area contributed by atoms with Crippen molar-refractivity contribution in [2.75, 3.05) is 18.5 Å². The van der Waals surface area contributed by atoms with Crippen LogP contribution in [0.15, 0.2) is 36.7 Å². The minimum atomic E-state index is 0.277. The number of aromatic nitrogens is 2. The zero-order valence-electron chi connectivity index (χ0n) is 11.1. The van der Waals surface area contributed by atoms with E-state index in [1.165, 1.54) is 0 Å². The normalized spacial score (nSPS) is 18.1. The molecule has 0 spiro atoms. The molecule has 1 aliphatic heterocycles. The van der Waals surface area contributed by atoms with E-state index in [0.717, 1.165) is 36.7 Å². The molecule has 1 aromatic heterocycles. The molecule has 1 fully saturated rings. The molecule has 2 N–H and O–H groups in total. The van der Waals surface area contributed by atoms with Crippen LogP contribution in [0, 0.1) is 0 Å². The third-order valence-corrected chi connectivity index (χ3v) is 3.45. The molecule has 3 rings (SSSR count). The van der Waals surface area contributed by atoms with Crippen LogP contribution in [0.5, 0.6) is 5.75 Å². The summed E-state index contributed by atoms with van der Waals surface area (Å²) in [6, 6.07) is 9.11. The minimum absolute atomic E-state index is 0.277. The number of hydrogen-bond donors (Lipinski definition) is 2. The lowest BCUT2D eigenvalue weighted by atomic mass is 10.1. The van der Waals surface area contributed by atoms with Crippen LogP contribution in [0.4, 0.5) is 5.82 Å². The number of phenolic OH excluding ortho intramolecular Hbond substituents is 1. The average Bonchev–Trinajstić information content (AvgIpc) is 3.01. The first-order valence-electron chi connectivity index (χ1n) is 6.73. The molecule has 0 unspecified atom stereocenters. The summed E-state index contributed by atoms with van der Waals surface area (Å²) in [6.07, 6.45) is 2.61. The van der Waals surface area contributed by atoms with Crippen LogP contribution >= 0.6 is 0 Å². The molecular weight excluding hydrogens is 254 g/mol. The van der Waals surface area contributed by atoms with Crippen LogP contribution in [0.2, 0.25) is 0 Å². The van der Waals surface area contributed by atoms with Gasteiger partial charge in [0.1, 0.15) is 17.9 Å². The van der Waals surface area contributed by atoms with Gasteiger partial charge in [0.05, 0.1) is 12.3 Å². The first-order valence-corrected chi connectivity index (χ1v) is 6.73. The molecule has 1 aliphatic rings. The molecule has 104 valence electrons. The quantitative estimate of drug-likeness (QED) is 0.893. The van der Waals surface area contributed by atoms with Gasteiger partial charge in [-0.3, -0.25) is 0 Å². The highest BCUT2D eigenvalue weighted by Crippen LogP contribution is 2.24. The number of aromatic hydroxyl groups is 1. The third-order valence-electron chi connectivity index (χ3n) is 3.45. The van der Waals surface area contributed by atoms with Crippen molar-refractivity contribution >= 4 is 5.82 Å². The SMILES string of the molecule is Oc1ccc(CNc2cc([C@@H]3CCOC3)ncn2)cc1. The maximum atomic E-state index is 9.25. The molecule has 1 aromatic carbocycles. The summed E-state index contributed by atoms with van der Waals surface area (Å²) in [7, 11) is 0. The Kier molecular flexibility index (Phi) is 3.78. The maximum Gasteiger partial charge on any atom is 0.129 e. The van der Waals surface area contributed by atoms with Gasteiger partial charge in [-0.2, -0.15) is 0 Å². The van der Waals surface area contributed by atoms with E-state index >= 15 is 0 Å². The molecule has 0 aliphatic carbocycles. The molecule has 0 radical (unpaired) electrons. The van der Waals surface area contributed by atoms with E-state index in [1.807, 2.05) is 18.2 Å². The first-order chi connectivity index (χ1) is 9.81. The second-order valence-corrected chi connectivity index (χ2v) is 4.91. The second kappa shape index (κ2) is 5.88. The molecule has 2 aromatic rings. The van der Waals surface area contributed by atoms with E-state index in [9.17, 15) is 5.11 Å². The Labute approximate surface area is 117 Å². The zero-order valence-corrected chi connectivity index (χ0v) is 11.1. The highest BCUT2D eigenvalue weighted by atomic mass is 16.5. The number of ether oxygens (including phenoxy) is 1. The lowest BCUT2D eigenvalue weighted by Crippen LogP contribution is -2.05. The summed E-state index contributed by atoms with van der Waals surface area (Å²) < 4.78 is 5.39. The van der Waals surface area contributed by atoms with Crippen molar-refractivity contribution in [3.63, 3.8) is 0 Å². The maximum absolute atomic E-state index is 9.25. The Morgan fingerprint density at radius 2 is 2.10 bits per heavy atom. The lowest BCUT2D eigenvalue weighted by Gasteiger charge is -2.10. The number of rotatable bonds is 4. The van der Waals surface area contributed by atoms with Crippen LogP contribution in [0.3, 0.4) is 0 Å². The van der Waals surface area contributed by atoms with Gasteiger partial charge < -0.3 is 15.2 Å². The van der Waals surface area contributed by atoms with Gasteiger partial charge >= 0.3 is 0 Å². The van der Waals surface area contributed by atoms with Crippen LogP contribution < -0.4 is 5.32 Å². The van der Waals surface area contributed by atoms with Crippen LogP contribution in [0.1, 0.15) is 23.6 Å². The monoisotopic (exact) mass is 271 g/mol. The zero-order chi connectivity index (χ0) is 13.8. The topological polar surface area (TPSA) is 67.3 Å². The Morgan fingerprint density at radius 1 is 1.25 bits per heavy atom. The van der Waals surface area contributed by atoms with Gasteiger partial charge in [-0.15, -0.1) is 0 Å². The van der Waals surface area contributed by atoms with Gasteiger partial charge in [0.25, 0.3) is 0 Å². The molecule has 2 heterocycles. The smallest absolute Gasteiger partial charge is 0.129 e. The molecular formula is C15H17N3O2. The Balaban J connectivity index is 1.65. The van der Waals surface area contributed by atoms with E-state index in [0.29, 0.717) is 12.5 Å². The van der Waals surface area contributed by atoms with Crippen molar-refractivity contribution in [2.24, 2.45) is 0 Å². The van der Waals surface area contributed by atoms with E-state index in [4.69, 9.17) is 4.74 Å². The van der Waals surface area contributed by atoms with Gasteiger partial charge in [0, 0.05) is 25.1 Å². The molecule has 20 heavy (non-hydrogen) atoms. The summed E-state index contributed by atoms with van der Waals surface area (Å²) in [6.45, 7) is 2.22. The number of nitrogens with one attached hydrogen (secondary N) is 1. The van der Waals surface area contributed by atoms with E-state index in [-0.39, 0.29) is 5.75 Å². The fraction of sp³-hybridized carbons (Fsp3) is 0.333. The van der Waals surface area contributed by atoms with Gasteiger partial charge in [-0.05, 0) is 24.1 Å². The predicted molar refractivity (Wildman–Crippen MR) is 75.6 cm³/mol. The van der Waals surface area contributed by atoms with Crippen LogP contribution in [-0.4, -0.2) is 28.3 Å². The van der Waals surface area contributed by atoms with Crippen molar-refractivity contribution in [3.8, 4) is 5.75 Å². The molecule has 5 heteroatoms. The largest absolute Gasteiger partial charge is 0.508 e. The van der Waals surface area contributed by atoms with Gasteiger partial charge in [0.15, 0.2) is 0 Å². The third kappa shape index (κ3) is 3.05. The molecule has 0 saturated carbocycles. The summed E-state index contributed by atoms with van der Waals surface area (Å²) in [5.41, 5.74) is 2.12. The van der Waals surface area contributed by atoms with Gasteiger partial charge in [-0.1, -0.05) is 12.1 Å². The average molecular weight is 271 g/mol. The minimum Gasteiger partial charge on any atom is -0.508 e. The number of phenols is 1. The number of anilines is 1. The van der Waals surface area contributed by atoms with Crippen molar-refractivity contribution in [2.45, 2.75) is 18.9 Å². The predicted octanol–water partition coefficient (Wildman–Crippen LogP) is 2.30. The van der Waals surface area contributed by atoms with Gasteiger partial charge in [0.2, 0.25) is 0 Å². The van der Waals surface area contributed by atoms with Crippen molar-refractivity contribution in [3.05, 3.63) is 47.9 Å². The number of hydrogen-bond acceptors (Lipinski definition) is 5. The van der Waals surface area contributed by atoms with Crippen LogP contribution in [-0.2, 0) is 11.3 Å². The second-order valence-electron chi connectivity index (χ2n) is 4.91. The van der Waals surface area contributed by atoms with E-state index in [2.05, 4.69) is 15.3 Å². The molecule has 1 atom stereocenters. The standard InChI is InChI=1S/C15H17N3O2/c19-13-3-1-11(2-4-13)8-16-15-7-14(17-10-18-15)12-5-6-20-9-12/h1-4,7,10,12,19H,5-6,8-9H2,(H,16,17,18)/t12-/m1/s1. The number of benzene rings is 1. The number of nitrogens with zero attached hydrogens (tertiary/aromatic N) is 2. The van der Waals surface area contributed by atoms with E-state index < -0.39 is 0 Å². The molecule has 0 amide bonds.